The van der Waals surface area contributed by atoms with Gasteiger partial charge in [-0.05, 0) is 81.1 Å². The molecule has 0 saturated heterocycles. The lowest BCUT2D eigenvalue weighted by atomic mass is 9.35. The number of hydrogen-bond acceptors (Lipinski definition) is 7. The monoisotopic (exact) mass is 584 g/mol. The summed E-state index contributed by atoms with van der Waals surface area (Å²) < 4.78 is 11.6. The van der Waals surface area contributed by atoms with Gasteiger partial charge in [0.05, 0.1) is 35.1 Å². The SMILES string of the molecule is CC(C)CC[C@H](O)[C@]12[C@H](O)CC[C@@](C)(C3CCCCC3)[C@@H]1[C@H]1C[C@](C)(C#CCCC(=O)O1)[C@]2(O)CCC1=CC(=O)OC1. The highest BCUT2D eigenvalue weighted by molar-refractivity contribution is 5.85. The number of cyclic esters (lactones) is 1. The van der Waals surface area contributed by atoms with Gasteiger partial charge in [-0.1, -0.05) is 46.0 Å². The summed E-state index contributed by atoms with van der Waals surface area (Å²) in [5.74, 6) is 6.11. The van der Waals surface area contributed by atoms with Crippen LogP contribution in [0.25, 0.3) is 0 Å². The van der Waals surface area contributed by atoms with Gasteiger partial charge in [0.25, 0.3) is 0 Å². The predicted octanol–water partition coefficient (Wildman–Crippen LogP) is 5.24. The van der Waals surface area contributed by atoms with E-state index in [0.29, 0.717) is 43.9 Å². The lowest BCUT2D eigenvalue weighted by Crippen LogP contribution is -2.79. The first-order chi connectivity index (χ1) is 19.9. The third-order valence-electron chi connectivity index (χ3n) is 12.1. The highest BCUT2D eigenvalue weighted by Crippen LogP contribution is 2.71. The molecular weight excluding hydrogens is 532 g/mol. The molecule has 42 heavy (non-hydrogen) atoms. The molecule has 0 amide bonds. The van der Waals surface area contributed by atoms with Crippen LogP contribution in [-0.4, -0.2) is 57.8 Å². The van der Waals surface area contributed by atoms with Crippen molar-refractivity contribution in [2.24, 2.45) is 34.0 Å². The standard InChI is InChI=1S/C35H52O7/c1-23(2)13-14-27(36)35-28(37)16-18-33(4,25-10-6-5-7-11-25)31(35)26-21-32(3,17-9-8-12-29(38)42-26)34(35,40)19-15-24-20-30(39)41-22-24/h20,23,25-28,31,36-37,40H,5-8,10-16,18-19,21-22H2,1-4H3/t26-,27+,28-,31+,32+,33+,34-,35+/m1/s1. The van der Waals surface area contributed by atoms with Crippen molar-refractivity contribution < 1.29 is 34.4 Å². The van der Waals surface area contributed by atoms with E-state index in [1.54, 1.807) is 0 Å². The van der Waals surface area contributed by atoms with Crippen LogP contribution in [0.4, 0.5) is 0 Å². The van der Waals surface area contributed by atoms with Crippen LogP contribution in [0.3, 0.4) is 0 Å². The Morgan fingerprint density at radius 1 is 1.10 bits per heavy atom. The molecule has 0 unspecified atom stereocenters. The summed E-state index contributed by atoms with van der Waals surface area (Å²) in [7, 11) is 0. The second-order valence-corrected chi connectivity index (χ2v) is 14.9. The van der Waals surface area contributed by atoms with Gasteiger partial charge in [-0.2, -0.15) is 0 Å². The van der Waals surface area contributed by atoms with Crippen LogP contribution in [-0.2, 0) is 19.1 Å². The van der Waals surface area contributed by atoms with Crippen molar-refractivity contribution in [1.29, 1.82) is 0 Å². The van der Waals surface area contributed by atoms with Gasteiger partial charge in [0.1, 0.15) is 12.7 Å². The van der Waals surface area contributed by atoms with Gasteiger partial charge in [-0.3, -0.25) is 4.79 Å². The summed E-state index contributed by atoms with van der Waals surface area (Å²) in [5.41, 5.74) is -3.62. The van der Waals surface area contributed by atoms with E-state index in [4.69, 9.17) is 9.47 Å². The van der Waals surface area contributed by atoms with Gasteiger partial charge in [-0.25, -0.2) is 4.79 Å². The summed E-state index contributed by atoms with van der Waals surface area (Å²) in [5, 5.41) is 38.4. The molecule has 5 rings (SSSR count). The first-order valence-corrected chi connectivity index (χ1v) is 16.5. The number of hydrogen-bond donors (Lipinski definition) is 3. The summed E-state index contributed by atoms with van der Waals surface area (Å²) in [6.45, 7) is 8.63. The minimum atomic E-state index is -1.62. The zero-order chi connectivity index (χ0) is 30.3. The smallest absolute Gasteiger partial charge is 0.331 e. The maximum Gasteiger partial charge on any atom is 0.331 e. The minimum absolute atomic E-state index is 0.183. The number of carbonyl (C=O) groups excluding carboxylic acids is 2. The van der Waals surface area contributed by atoms with E-state index < -0.39 is 40.7 Å². The van der Waals surface area contributed by atoms with Crippen molar-refractivity contribution >= 4 is 11.9 Å². The number of carbonyl (C=O) groups is 2. The van der Waals surface area contributed by atoms with Crippen molar-refractivity contribution in [3.63, 3.8) is 0 Å². The third-order valence-corrected chi connectivity index (χ3v) is 12.1. The Kier molecular flexibility index (Phi) is 8.94. The molecule has 0 radical (unpaired) electrons. The molecule has 7 heteroatoms. The topological polar surface area (TPSA) is 113 Å². The van der Waals surface area contributed by atoms with Crippen LogP contribution >= 0.6 is 0 Å². The van der Waals surface area contributed by atoms with Crippen molar-refractivity contribution in [3.05, 3.63) is 11.6 Å². The minimum Gasteiger partial charge on any atom is -0.462 e. The number of rotatable bonds is 8. The molecular formula is C35H52O7. The van der Waals surface area contributed by atoms with Gasteiger partial charge < -0.3 is 24.8 Å². The highest BCUT2D eigenvalue weighted by atomic mass is 16.5. The van der Waals surface area contributed by atoms with Crippen molar-refractivity contribution in [3.8, 4) is 11.8 Å². The molecule has 2 heterocycles. The molecule has 0 aromatic carbocycles. The molecule has 3 fully saturated rings. The Hall–Kier alpha value is -1.88. The molecule has 7 nitrogen and oxygen atoms in total. The quantitative estimate of drug-likeness (QED) is 0.264. The fourth-order valence-electron chi connectivity index (χ4n) is 9.99. The van der Waals surface area contributed by atoms with Gasteiger partial charge >= 0.3 is 11.9 Å². The Balaban J connectivity index is 1.74. The predicted molar refractivity (Wildman–Crippen MR) is 159 cm³/mol. The van der Waals surface area contributed by atoms with E-state index >= 15 is 0 Å². The van der Waals surface area contributed by atoms with Gasteiger partial charge in [-0.15, -0.1) is 5.92 Å². The van der Waals surface area contributed by atoms with Crippen LogP contribution in [0, 0.1) is 45.8 Å². The summed E-state index contributed by atoms with van der Waals surface area (Å²) >= 11 is 0. The second kappa shape index (κ2) is 11.9. The molecule has 3 aliphatic carbocycles. The number of fused-ring (bicyclic) bond motifs is 4. The van der Waals surface area contributed by atoms with Gasteiger partial charge in [0.2, 0.25) is 0 Å². The summed E-state index contributed by atoms with van der Waals surface area (Å²) in [6, 6.07) is 0. The largest absolute Gasteiger partial charge is 0.462 e. The number of ether oxygens (including phenoxy) is 2. The molecule has 3 N–H and O–H groups in total. The fourth-order valence-corrected chi connectivity index (χ4v) is 9.99. The van der Waals surface area contributed by atoms with E-state index in [9.17, 15) is 24.9 Å². The molecule has 2 bridgehead atoms. The van der Waals surface area contributed by atoms with Crippen LogP contribution in [0.1, 0.15) is 118 Å². The Bertz CT molecular complexity index is 1130. The van der Waals surface area contributed by atoms with Gasteiger partial charge in [0, 0.05) is 24.8 Å². The maximum atomic E-state index is 13.5. The van der Waals surface area contributed by atoms with E-state index in [1.165, 1.54) is 12.5 Å². The van der Waals surface area contributed by atoms with E-state index in [0.717, 1.165) is 44.1 Å². The van der Waals surface area contributed by atoms with Crippen LogP contribution < -0.4 is 0 Å². The summed E-state index contributed by atoms with van der Waals surface area (Å²) in [4.78, 5) is 25.1. The van der Waals surface area contributed by atoms with Crippen LogP contribution in [0.5, 0.6) is 0 Å². The Labute approximate surface area is 251 Å². The number of esters is 2. The normalized spacial score (nSPS) is 41.3. The van der Waals surface area contributed by atoms with Gasteiger partial charge in [0.15, 0.2) is 0 Å². The lowest BCUT2D eigenvalue weighted by Gasteiger charge is -2.72. The average Bonchev–Trinajstić information content (AvgIpc) is 3.40. The van der Waals surface area contributed by atoms with Crippen LogP contribution in [0.15, 0.2) is 11.6 Å². The van der Waals surface area contributed by atoms with Crippen molar-refractivity contribution in [2.75, 3.05) is 6.61 Å². The average molecular weight is 585 g/mol. The first-order valence-electron chi connectivity index (χ1n) is 16.5. The van der Waals surface area contributed by atoms with Crippen molar-refractivity contribution in [1.82, 2.24) is 0 Å². The Morgan fingerprint density at radius 2 is 1.83 bits per heavy atom. The molecule has 2 aliphatic heterocycles. The van der Waals surface area contributed by atoms with E-state index in [1.807, 2.05) is 6.92 Å². The molecule has 0 aromatic rings. The molecule has 0 spiro atoms. The zero-order valence-electron chi connectivity index (χ0n) is 26.1. The molecule has 8 atom stereocenters. The maximum absolute atomic E-state index is 13.5. The fraction of sp³-hybridized carbons (Fsp3) is 0.829. The van der Waals surface area contributed by atoms with E-state index in [2.05, 4.69) is 32.6 Å². The third kappa shape index (κ3) is 5.14. The number of aliphatic hydroxyl groups is 3. The summed E-state index contributed by atoms with van der Waals surface area (Å²) in [6.07, 6.45) is 8.30. The van der Waals surface area contributed by atoms with Crippen molar-refractivity contribution in [2.45, 2.75) is 141 Å². The molecule has 3 saturated carbocycles. The zero-order valence-corrected chi connectivity index (χ0v) is 26.1. The highest BCUT2D eigenvalue weighted by Gasteiger charge is 2.77. The Morgan fingerprint density at radius 3 is 2.50 bits per heavy atom. The second-order valence-electron chi connectivity index (χ2n) is 14.9. The van der Waals surface area contributed by atoms with E-state index in [-0.39, 0.29) is 36.8 Å². The number of aliphatic hydroxyl groups excluding tert-OH is 2. The molecule has 5 aliphatic rings. The first kappa shape index (κ1) is 31.5. The van der Waals surface area contributed by atoms with Crippen LogP contribution in [0.2, 0.25) is 0 Å². The lowest BCUT2D eigenvalue weighted by molar-refractivity contribution is -0.338. The molecule has 234 valence electrons. The molecule has 0 aromatic heterocycles.